The summed E-state index contributed by atoms with van der Waals surface area (Å²) in [7, 11) is 0. The summed E-state index contributed by atoms with van der Waals surface area (Å²) >= 11 is 5.43. The van der Waals surface area contributed by atoms with Gasteiger partial charge in [-0.3, -0.25) is 0 Å². The van der Waals surface area contributed by atoms with Gasteiger partial charge in [0.05, 0.1) is 5.41 Å². The van der Waals surface area contributed by atoms with E-state index < -0.39 is 11.0 Å². The highest BCUT2D eigenvalue weighted by atomic mass is 35.5. The van der Waals surface area contributed by atoms with Crippen LogP contribution in [0.25, 0.3) is 0 Å². The highest BCUT2D eigenvalue weighted by molar-refractivity contribution is 6.13. The highest BCUT2D eigenvalue weighted by Gasteiger charge is 2.49. The zero-order valence-corrected chi connectivity index (χ0v) is 15.2. The quantitative estimate of drug-likeness (QED) is 0.749. The number of likely N-dealkylation sites (tertiary alicyclic amines) is 1. The maximum atomic E-state index is 12.4. The first-order chi connectivity index (χ1) is 10.8. The van der Waals surface area contributed by atoms with E-state index in [1.165, 1.54) is 6.42 Å². The predicted octanol–water partition coefficient (Wildman–Crippen LogP) is 4.28. The van der Waals surface area contributed by atoms with Crippen LogP contribution in [0.3, 0.4) is 0 Å². The third kappa shape index (κ3) is 4.31. The minimum absolute atomic E-state index is 0.309. The van der Waals surface area contributed by atoms with Crippen LogP contribution in [0.15, 0.2) is 0 Å². The Hall–Kier alpha value is -0.970. The van der Waals surface area contributed by atoms with E-state index in [1.54, 1.807) is 4.90 Å². The van der Waals surface area contributed by atoms with Gasteiger partial charge in [-0.15, -0.1) is 0 Å². The van der Waals surface area contributed by atoms with Crippen molar-refractivity contribution >= 4 is 23.9 Å². The molecule has 0 aromatic heterocycles. The number of rotatable bonds is 2. The molecule has 0 radical (unpaired) electrons. The Kier molecular flexibility index (Phi) is 5.82. The first-order valence-corrected chi connectivity index (χ1v) is 8.90. The summed E-state index contributed by atoms with van der Waals surface area (Å²) < 4.78 is 10.0. The third-order valence-electron chi connectivity index (χ3n) is 5.17. The van der Waals surface area contributed by atoms with Crippen LogP contribution in [0.5, 0.6) is 0 Å². The Labute approximate surface area is 143 Å². The molecule has 0 bridgehead atoms. The standard InChI is InChI=1S/C17H28ClNO4/c1-16(2,3)22-15(21)19-11-9-17(10-12-19,14(20)23-18)13-7-5-4-6-8-13/h13H,4-12H2,1-3H3. The zero-order chi connectivity index (χ0) is 17.1. The van der Waals surface area contributed by atoms with Gasteiger partial charge in [-0.05, 0) is 52.4 Å². The molecule has 0 N–H and O–H groups in total. The van der Waals surface area contributed by atoms with Crippen molar-refractivity contribution in [2.75, 3.05) is 13.1 Å². The van der Waals surface area contributed by atoms with E-state index in [4.69, 9.17) is 16.6 Å². The van der Waals surface area contributed by atoms with E-state index in [2.05, 4.69) is 4.29 Å². The van der Waals surface area contributed by atoms with Crippen LogP contribution in [0, 0.1) is 11.3 Å². The molecule has 1 saturated carbocycles. The fourth-order valence-electron chi connectivity index (χ4n) is 3.93. The van der Waals surface area contributed by atoms with Gasteiger partial charge in [-0.25, -0.2) is 9.59 Å². The Morgan fingerprint density at radius 2 is 1.65 bits per heavy atom. The first-order valence-electron chi connectivity index (χ1n) is 8.59. The molecule has 5 nitrogen and oxygen atoms in total. The molecule has 2 aliphatic rings. The highest BCUT2D eigenvalue weighted by Crippen LogP contribution is 2.47. The first kappa shape index (κ1) is 18.4. The predicted molar refractivity (Wildman–Crippen MR) is 88.0 cm³/mol. The topological polar surface area (TPSA) is 55.8 Å². The van der Waals surface area contributed by atoms with E-state index in [9.17, 15) is 9.59 Å². The van der Waals surface area contributed by atoms with Gasteiger partial charge < -0.3 is 13.9 Å². The number of carbonyl (C=O) groups excluding carboxylic acids is 2. The van der Waals surface area contributed by atoms with Gasteiger partial charge in [0.25, 0.3) is 0 Å². The molecule has 0 aromatic rings. The monoisotopic (exact) mass is 345 g/mol. The minimum Gasteiger partial charge on any atom is -0.444 e. The second kappa shape index (κ2) is 7.29. The Morgan fingerprint density at radius 1 is 1.09 bits per heavy atom. The second-order valence-corrected chi connectivity index (χ2v) is 7.98. The van der Waals surface area contributed by atoms with Crippen LogP contribution >= 0.6 is 11.9 Å². The third-order valence-corrected chi connectivity index (χ3v) is 5.31. The Balaban J connectivity index is 2.04. The van der Waals surface area contributed by atoms with Gasteiger partial charge in [0.15, 0.2) is 0 Å². The molecule has 2 rings (SSSR count). The lowest BCUT2D eigenvalue weighted by atomic mass is 9.64. The largest absolute Gasteiger partial charge is 0.444 e. The van der Waals surface area contributed by atoms with E-state index in [-0.39, 0.29) is 12.1 Å². The molecule has 1 amide bonds. The molecule has 0 unspecified atom stereocenters. The molecule has 1 heterocycles. The fraction of sp³-hybridized carbons (Fsp3) is 0.882. The molecule has 0 atom stereocenters. The van der Waals surface area contributed by atoms with Crippen molar-refractivity contribution in [2.24, 2.45) is 11.3 Å². The molecule has 1 aliphatic carbocycles. The van der Waals surface area contributed by atoms with Crippen molar-refractivity contribution in [3.05, 3.63) is 0 Å². The summed E-state index contributed by atoms with van der Waals surface area (Å²) in [6.45, 7) is 6.58. The van der Waals surface area contributed by atoms with Crippen molar-refractivity contribution in [3.63, 3.8) is 0 Å². The molecular weight excluding hydrogens is 318 g/mol. The number of nitrogens with zero attached hydrogens (tertiary/aromatic N) is 1. The lowest BCUT2D eigenvalue weighted by Crippen LogP contribution is -2.51. The summed E-state index contributed by atoms with van der Waals surface area (Å²) in [4.78, 5) is 26.3. The van der Waals surface area contributed by atoms with Gasteiger partial charge in [-0.2, -0.15) is 0 Å². The van der Waals surface area contributed by atoms with Crippen LogP contribution in [-0.2, 0) is 13.8 Å². The number of carbonyl (C=O) groups is 2. The van der Waals surface area contributed by atoms with Crippen LogP contribution < -0.4 is 0 Å². The average molecular weight is 346 g/mol. The van der Waals surface area contributed by atoms with Crippen molar-refractivity contribution in [2.45, 2.75) is 71.3 Å². The molecule has 1 aliphatic heterocycles. The van der Waals surface area contributed by atoms with Crippen LogP contribution in [0.2, 0.25) is 0 Å². The van der Waals surface area contributed by atoms with E-state index >= 15 is 0 Å². The summed E-state index contributed by atoms with van der Waals surface area (Å²) in [5.74, 6) is -0.0156. The molecule has 1 saturated heterocycles. The number of ether oxygens (including phenoxy) is 1. The number of hydrogen-bond acceptors (Lipinski definition) is 4. The number of halogens is 1. The lowest BCUT2D eigenvalue weighted by molar-refractivity contribution is -0.154. The van der Waals surface area contributed by atoms with Gasteiger partial charge in [0, 0.05) is 13.1 Å². The number of piperidine rings is 1. The maximum absolute atomic E-state index is 12.4. The molecule has 0 aromatic carbocycles. The summed E-state index contributed by atoms with van der Waals surface area (Å²) in [6, 6.07) is 0. The molecule has 132 valence electrons. The Morgan fingerprint density at radius 3 is 2.13 bits per heavy atom. The van der Waals surface area contributed by atoms with Crippen molar-refractivity contribution in [1.29, 1.82) is 0 Å². The average Bonchev–Trinajstić information content (AvgIpc) is 2.53. The molecule has 6 heteroatoms. The summed E-state index contributed by atoms with van der Waals surface area (Å²) in [5.41, 5.74) is -1.05. The van der Waals surface area contributed by atoms with Crippen LogP contribution in [0.1, 0.15) is 65.7 Å². The maximum Gasteiger partial charge on any atom is 0.410 e. The molecular formula is C17H28ClNO4. The lowest BCUT2D eigenvalue weighted by Gasteiger charge is -2.45. The zero-order valence-electron chi connectivity index (χ0n) is 14.4. The number of hydrogen-bond donors (Lipinski definition) is 0. The van der Waals surface area contributed by atoms with Gasteiger partial charge in [0.1, 0.15) is 17.5 Å². The molecule has 0 spiro atoms. The van der Waals surface area contributed by atoms with Crippen molar-refractivity contribution < 1.29 is 18.6 Å². The van der Waals surface area contributed by atoms with E-state index in [0.29, 0.717) is 31.8 Å². The van der Waals surface area contributed by atoms with Gasteiger partial charge in [0.2, 0.25) is 0 Å². The van der Waals surface area contributed by atoms with Crippen molar-refractivity contribution in [3.8, 4) is 0 Å². The van der Waals surface area contributed by atoms with Crippen LogP contribution in [-0.4, -0.2) is 35.7 Å². The minimum atomic E-state index is -0.541. The van der Waals surface area contributed by atoms with Gasteiger partial charge in [-0.1, -0.05) is 19.3 Å². The SMILES string of the molecule is CC(C)(C)OC(=O)N1CCC(C(=O)OCl)(C2CCCCC2)CC1. The molecule has 2 fully saturated rings. The van der Waals surface area contributed by atoms with Crippen molar-refractivity contribution in [1.82, 2.24) is 4.90 Å². The Bertz CT molecular complexity index is 432. The van der Waals surface area contributed by atoms with Crippen LogP contribution in [0.4, 0.5) is 4.79 Å². The fourth-order valence-corrected chi connectivity index (χ4v) is 4.08. The summed E-state index contributed by atoms with van der Waals surface area (Å²) in [5, 5.41) is 0. The summed E-state index contributed by atoms with van der Waals surface area (Å²) in [6.07, 6.45) is 6.50. The number of amides is 1. The van der Waals surface area contributed by atoms with Gasteiger partial charge >= 0.3 is 12.1 Å². The smallest absolute Gasteiger partial charge is 0.410 e. The second-order valence-electron chi connectivity index (χ2n) is 7.82. The van der Waals surface area contributed by atoms with E-state index in [1.807, 2.05) is 20.8 Å². The normalized spacial score (nSPS) is 22.5. The molecule has 23 heavy (non-hydrogen) atoms. The van der Waals surface area contributed by atoms with E-state index in [0.717, 1.165) is 25.7 Å².